The molecule has 2 aromatic rings. The molecule has 7 heteroatoms. The van der Waals surface area contributed by atoms with Crippen LogP contribution < -0.4 is 14.8 Å². The van der Waals surface area contributed by atoms with Gasteiger partial charge in [-0.25, -0.2) is 0 Å². The molecule has 172 valence electrons. The maximum Gasteiger partial charge on any atom is 0.175 e. The Morgan fingerprint density at radius 2 is 1.71 bits per heavy atom. The van der Waals surface area contributed by atoms with Gasteiger partial charge in [-0.2, -0.15) is 0 Å². The van der Waals surface area contributed by atoms with Crippen LogP contribution in [0.15, 0.2) is 34.8 Å². The Morgan fingerprint density at radius 1 is 1.00 bits per heavy atom. The third-order valence-electron chi connectivity index (χ3n) is 5.46. The summed E-state index contributed by atoms with van der Waals surface area (Å²) in [6.07, 6.45) is 9.30. The van der Waals surface area contributed by atoms with Crippen molar-refractivity contribution < 1.29 is 9.47 Å². The van der Waals surface area contributed by atoms with Gasteiger partial charge in [0.1, 0.15) is 6.61 Å². The number of halogens is 4. The first-order valence-corrected chi connectivity index (χ1v) is 12.4. The minimum absolute atomic E-state index is 0. The highest BCUT2D eigenvalue weighted by molar-refractivity contribution is 9.10. The fourth-order valence-corrected chi connectivity index (χ4v) is 4.90. The molecule has 0 heterocycles. The molecule has 3 nitrogen and oxygen atoms in total. The SMILES string of the molecule is CCOc1cc(CNC2CCCCCCC2)cc(Br)c1OCc1ccc(Cl)cc1Cl.Cl. The zero-order valence-corrected chi connectivity index (χ0v) is 21.8. The first-order valence-electron chi connectivity index (χ1n) is 10.8. The van der Waals surface area contributed by atoms with Crippen molar-refractivity contribution >= 4 is 51.5 Å². The zero-order valence-electron chi connectivity index (χ0n) is 17.9. The number of nitrogens with one attached hydrogen (secondary N) is 1. The van der Waals surface area contributed by atoms with E-state index in [-0.39, 0.29) is 12.4 Å². The maximum absolute atomic E-state index is 6.28. The summed E-state index contributed by atoms with van der Waals surface area (Å²) in [6, 6.07) is 10.2. The Kier molecular flexibility index (Phi) is 11.8. The first-order chi connectivity index (χ1) is 14.6. The molecule has 31 heavy (non-hydrogen) atoms. The van der Waals surface area contributed by atoms with E-state index in [1.165, 1.54) is 50.5 Å². The van der Waals surface area contributed by atoms with Crippen molar-refractivity contribution in [3.8, 4) is 11.5 Å². The standard InChI is InChI=1S/C24H30BrCl2NO2.ClH/c1-2-29-23-13-17(15-28-20-8-6-4-3-5-7-9-20)12-21(25)24(23)30-16-18-10-11-19(26)14-22(18)27;/h10-14,20,28H,2-9,15-16H2,1H3;1H. The van der Waals surface area contributed by atoms with Crippen LogP contribution in [0.25, 0.3) is 0 Å². The molecule has 0 saturated heterocycles. The molecule has 0 atom stereocenters. The van der Waals surface area contributed by atoms with Crippen molar-refractivity contribution in [1.29, 1.82) is 0 Å². The van der Waals surface area contributed by atoms with Crippen molar-refractivity contribution in [2.24, 2.45) is 0 Å². The predicted molar refractivity (Wildman–Crippen MR) is 136 cm³/mol. The van der Waals surface area contributed by atoms with E-state index in [1.807, 2.05) is 19.1 Å². The van der Waals surface area contributed by atoms with Gasteiger partial charge >= 0.3 is 0 Å². The largest absolute Gasteiger partial charge is 0.490 e. The molecule has 3 rings (SSSR count). The van der Waals surface area contributed by atoms with Gasteiger partial charge in [0.25, 0.3) is 0 Å². The fourth-order valence-electron chi connectivity index (χ4n) is 3.84. The van der Waals surface area contributed by atoms with Gasteiger partial charge in [0.05, 0.1) is 11.1 Å². The second-order valence-corrected chi connectivity index (χ2v) is 9.48. The Balaban J connectivity index is 0.00000341. The topological polar surface area (TPSA) is 30.5 Å². The smallest absolute Gasteiger partial charge is 0.175 e. The van der Waals surface area contributed by atoms with Gasteiger partial charge in [0, 0.05) is 28.2 Å². The summed E-state index contributed by atoms with van der Waals surface area (Å²) >= 11 is 15.9. The molecular weight excluding hydrogens is 521 g/mol. The molecule has 1 N–H and O–H groups in total. The van der Waals surface area contributed by atoms with Crippen LogP contribution in [0.4, 0.5) is 0 Å². The Labute approximate surface area is 210 Å². The van der Waals surface area contributed by atoms with Gasteiger partial charge in [0.15, 0.2) is 11.5 Å². The van der Waals surface area contributed by atoms with Gasteiger partial charge in [-0.15, -0.1) is 12.4 Å². The third-order valence-corrected chi connectivity index (χ3v) is 6.63. The van der Waals surface area contributed by atoms with Crippen molar-refractivity contribution in [3.05, 3.63) is 56.0 Å². The lowest BCUT2D eigenvalue weighted by molar-refractivity contribution is 0.267. The van der Waals surface area contributed by atoms with Crippen LogP contribution in [-0.4, -0.2) is 12.6 Å². The molecule has 0 spiro atoms. The average Bonchev–Trinajstić information content (AvgIpc) is 2.68. The second kappa shape index (κ2) is 13.8. The minimum Gasteiger partial charge on any atom is -0.490 e. The number of rotatable bonds is 8. The quantitative estimate of drug-likeness (QED) is 0.358. The van der Waals surface area contributed by atoms with E-state index in [9.17, 15) is 0 Å². The summed E-state index contributed by atoms with van der Waals surface area (Å²) in [4.78, 5) is 0. The first kappa shape index (κ1) is 26.6. The molecular formula is C24H31BrCl3NO2. The molecule has 1 aliphatic carbocycles. The average molecular weight is 552 g/mol. The molecule has 2 aromatic carbocycles. The summed E-state index contributed by atoms with van der Waals surface area (Å²) in [5, 5.41) is 4.95. The van der Waals surface area contributed by atoms with Gasteiger partial charge in [0.2, 0.25) is 0 Å². The highest BCUT2D eigenvalue weighted by Crippen LogP contribution is 2.38. The molecule has 1 fully saturated rings. The summed E-state index contributed by atoms with van der Waals surface area (Å²) in [5.41, 5.74) is 2.06. The van der Waals surface area contributed by atoms with Crippen molar-refractivity contribution in [1.82, 2.24) is 5.32 Å². The van der Waals surface area contributed by atoms with Gasteiger partial charge in [-0.05, 0) is 65.5 Å². The number of benzene rings is 2. The summed E-state index contributed by atoms with van der Waals surface area (Å²) < 4.78 is 12.9. The van der Waals surface area contributed by atoms with Crippen LogP contribution in [0, 0.1) is 0 Å². The van der Waals surface area contributed by atoms with Gasteiger partial charge < -0.3 is 14.8 Å². The molecule has 0 bridgehead atoms. The van der Waals surface area contributed by atoms with E-state index in [0.717, 1.165) is 22.3 Å². The lowest BCUT2D eigenvalue weighted by Crippen LogP contribution is -2.29. The molecule has 0 radical (unpaired) electrons. The summed E-state index contributed by atoms with van der Waals surface area (Å²) in [7, 11) is 0. The van der Waals surface area contributed by atoms with Crippen LogP contribution in [0.5, 0.6) is 11.5 Å². The van der Waals surface area contributed by atoms with Crippen molar-refractivity contribution in [3.63, 3.8) is 0 Å². The van der Waals surface area contributed by atoms with E-state index < -0.39 is 0 Å². The van der Waals surface area contributed by atoms with E-state index in [0.29, 0.717) is 35.1 Å². The highest BCUT2D eigenvalue weighted by Gasteiger charge is 2.15. The molecule has 0 unspecified atom stereocenters. The fraction of sp³-hybridized carbons (Fsp3) is 0.500. The van der Waals surface area contributed by atoms with Crippen LogP contribution in [0.2, 0.25) is 10.0 Å². The van der Waals surface area contributed by atoms with E-state index in [1.54, 1.807) is 6.07 Å². The van der Waals surface area contributed by atoms with Gasteiger partial charge in [-0.3, -0.25) is 0 Å². The Morgan fingerprint density at radius 3 is 2.39 bits per heavy atom. The zero-order chi connectivity index (χ0) is 21.3. The highest BCUT2D eigenvalue weighted by atomic mass is 79.9. The monoisotopic (exact) mass is 549 g/mol. The molecule has 1 saturated carbocycles. The van der Waals surface area contributed by atoms with Crippen molar-refractivity contribution in [2.75, 3.05) is 6.61 Å². The Hall–Kier alpha value is -0.650. The number of hydrogen-bond donors (Lipinski definition) is 1. The van der Waals surface area contributed by atoms with Crippen LogP contribution in [0.1, 0.15) is 63.0 Å². The predicted octanol–water partition coefficient (Wildman–Crippen LogP) is 8.36. The van der Waals surface area contributed by atoms with Crippen LogP contribution >= 0.6 is 51.5 Å². The number of hydrogen-bond acceptors (Lipinski definition) is 3. The maximum atomic E-state index is 6.28. The molecule has 0 aliphatic heterocycles. The summed E-state index contributed by atoms with van der Waals surface area (Å²) in [5.74, 6) is 1.43. The molecule has 1 aliphatic rings. The molecule has 0 amide bonds. The van der Waals surface area contributed by atoms with Crippen molar-refractivity contribution in [2.45, 2.75) is 71.1 Å². The van der Waals surface area contributed by atoms with Crippen LogP contribution in [0.3, 0.4) is 0 Å². The second-order valence-electron chi connectivity index (χ2n) is 7.79. The van der Waals surface area contributed by atoms with Crippen LogP contribution in [-0.2, 0) is 13.2 Å². The van der Waals surface area contributed by atoms with Gasteiger partial charge in [-0.1, -0.05) is 61.4 Å². The number of ether oxygens (including phenoxy) is 2. The molecule has 0 aromatic heterocycles. The van der Waals surface area contributed by atoms with E-state index in [4.69, 9.17) is 32.7 Å². The Bertz CT molecular complexity index is 827. The third kappa shape index (κ3) is 8.33. The minimum atomic E-state index is 0. The summed E-state index contributed by atoms with van der Waals surface area (Å²) in [6.45, 7) is 3.72. The normalized spacial score (nSPS) is 15.0. The van der Waals surface area contributed by atoms with E-state index in [2.05, 4.69) is 33.4 Å². The lowest BCUT2D eigenvalue weighted by Gasteiger charge is -2.22. The lowest BCUT2D eigenvalue weighted by atomic mass is 9.96. The van der Waals surface area contributed by atoms with E-state index >= 15 is 0 Å².